The van der Waals surface area contributed by atoms with Crippen molar-refractivity contribution in [2.45, 2.75) is 32.8 Å². The van der Waals surface area contributed by atoms with E-state index in [1.54, 1.807) is 51.1 Å². The summed E-state index contributed by atoms with van der Waals surface area (Å²) < 4.78 is 37.5. The van der Waals surface area contributed by atoms with Gasteiger partial charge in [-0.15, -0.1) is 0 Å². The van der Waals surface area contributed by atoms with Gasteiger partial charge >= 0.3 is 6.09 Å². The molecule has 2 aromatic carbocycles. The number of ether oxygens (including phenoxy) is 2. The Hall–Kier alpha value is -3.42. The number of carbonyl (C=O) groups excluding carboxylic acids is 2. The van der Waals surface area contributed by atoms with Crippen molar-refractivity contribution in [3.8, 4) is 5.75 Å². The Morgan fingerprint density at radius 1 is 1.22 bits per heavy atom. The molecule has 1 aliphatic rings. The Balaban J connectivity index is 1.60. The minimum atomic E-state index is -0.648. The lowest BCUT2D eigenvalue weighted by molar-refractivity contribution is 0.0531. The molecule has 1 aliphatic heterocycles. The van der Waals surface area contributed by atoms with Crippen LogP contribution in [0, 0.1) is 5.82 Å². The largest absolute Gasteiger partial charge is 0.489 e. The van der Waals surface area contributed by atoms with Crippen LogP contribution in [0.5, 0.6) is 5.75 Å². The number of alkyl carbamates (subject to hydrolysis) is 1. The Bertz CT molecular complexity index is 1030. The van der Waals surface area contributed by atoms with E-state index in [0.29, 0.717) is 36.3 Å². The lowest BCUT2D eigenvalue weighted by Crippen LogP contribution is -2.37. The van der Waals surface area contributed by atoms with E-state index in [9.17, 15) is 18.4 Å². The zero-order valence-corrected chi connectivity index (χ0v) is 18.3. The predicted octanol–water partition coefficient (Wildman–Crippen LogP) is 4.79. The molecule has 1 N–H and O–H groups in total. The number of anilines is 1. The number of fused-ring (bicyclic) bond motifs is 1. The van der Waals surface area contributed by atoms with Gasteiger partial charge in [0.1, 0.15) is 23.8 Å². The van der Waals surface area contributed by atoms with Gasteiger partial charge in [-0.2, -0.15) is 0 Å². The summed E-state index contributed by atoms with van der Waals surface area (Å²) in [6.07, 6.45) is 0.309. The molecule has 32 heavy (non-hydrogen) atoms. The molecule has 0 aliphatic carbocycles. The summed E-state index contributed by atoms with van der Waals surface area (Å²) in [5.41, 5.74) is 1.40. The van der Waals surface area contributed by atoms with Crippen LogP contribution in [0.1, 0.15) is 36.7 Å². The molecule has 0 unspecified atom stereocenters. The average Bonchev–Trinajstić information content (AvgIpc) is 2.73. The smallest absolute Gasteiger partial charge is 0.407 e. The van der Waals surface area contributed by atoms with Crippen LogP contribution in [0.25, 0.3) is 0 Å². The van der Waals surface area contributed by atoms with Crippen LogP contribution < -0.4 is 15.0 Å². The van der Waals surface area contributed by atoms with Crippen molar-refractivity contribution >= 4 is 17.7 Å². The van der Waals surface area contributed by atoms with E-state index in [4.69, 9.17) is 9.47 Å². The first-order valence-corrected chi connectivity index (χ1v) is 10.2. The molecule has 0 atom stereocenters. The molecule has 0 spiro atoms. The maximum atomic E-state index is 13.5. The number of amides is 2. The third kappa shape index (κ3) is 6.06. The monoisotopic (exact) mass is 444 g/mol. The Kier molecular flexibility index (Phi) is 7.12. The first-order chi connectivity index (χ1) is 15.2. The van der Waals surface area contributed by atoms with Gasteiger partial charge in [-0.3, -0.25) is 4.79 Å². The molecule has 1 heterocycles. The number of hydrogen-bond donors (Lipinski definition) is 1. The fourth-order valence-corrected chi connectivity index (χ4v) is 3.24. The Morgan fingerprint density at radius 3 is 2.69 bits per heavy atom. The van der Waals surface area contributed by atoms with Crippen LogP contribution in [0.15, 0.2) is 54.4 Å². The molecule has 8 heteroatoms. The van der Waals surface area contributed by atoms with Crippen LogP contribution in [0.2, 0.25) is 0 Å². The number of carbonyl (C=O) groups is 2. The minimum absolute atomic E-state index is 0.0581. The van der Waals surface area contributed by atoms with Gasteiger partial charge in [0.05, 0.1) is 6.33 Å². The van der Waals surface area contributed by atoms with Gasteiger partial charge in [0.25, 0.3) is 5.91 Å². The van der Waals surface area contributed by atoms with E-state index in [2.05, 4.69) is 5.32 Å². The molecule has 2 amide bonds. The fraction of sp³-hybridized carbons (Fsp3) is 0.333. The topological polar surface area (TPSA) is 67.9 Å². The first-order valence-electron chi connectivity index (χ1n) is 10.2. The molecule has 0 radical (unpaired) electrons. The SMILES string of the molecule is CC(C)(C)OC(=O)NCC(=CF)COc1ccc2c(c1)CCN(c1cccc(F)c1)C2=O. The highest BCUT2D eigenvalue weighted by atomic mass is 19.1. The molecular formula is C24H26F2N2O4. The second-order valence-corrected chi connectivity index (χ2v) is 8.42. The summed E-state index contributed by atoms with van der Waals surface area (Å²) in [4.78, 5) is 26.1. The predicted molar refractivity (Wildman–Crippen MR) is 117 cm³/mol. The quantitative estimate of drug-likeness (QED) is 0.696. The zero-order valence-electron chi connectivity index (χ0n) is 18.3. The van der Waals surface area contributed by atoms with Crippen LogP contribution >= 0.6 is 0 Å². The molecule has 0 aromatic heterocycles. The molecule has 6 nitrogen and oxygen atoms in total. The van der Waals surface area contributed by atoms with E-state index in [-0.39, 0.29) is 24.6 Å². The van der Waals surface area contributed by atoms with Crippen molar-refractivity contribution in [1.29, 1.82) is 0 Å². The summed E-state index contributed by atoms with van der Waals surface area (Å²) in [5, 5.41) is 2.48. The van der Waals surface area contributed by atoms with Crippen molar-refractivity contribution in [3.63, 3.8) is 0 Å². The standard InChI is InChI=1S/C24H26F2N2O4/c1-24(2,3)32-23(30)27-14-16(13-25)15-31-20-7-8-21-17(11-20)9-10-28(22(21)29)19-6-4-5-18(26)12-19/h4-8,11-13H,9-10,14-15H2,1-3H3,(H,27,30). The van der Waals surface area contributed by atoms with Gasteiger partial charge in [-0.05, 0) is 69.2 Å². The molecule has 2 aromatic rings. The van der Waals surface area contributed by atoms with Crippen LogP contribution in [-0.4, -0.2) is 37.3 Å². The van der Waals surface area contributed by atoms with E-state index in [1.807, 2.05) is 0 Å². The van der Waals surface area contributed by atoms with E-state index < -0.39 is 17.5 Å². The highest BCUT2D eigenvalue weighted by Gasteiger charge is 2.26. The number of halogens is 2. The van der Waals surface area contributed by atoms with Gasteiger partial charge in [0.2, 0.25) is 0 Å². The lowest BCUT2D eigenvalue weighted by atomic mass is 9.98. The first kappa shape index (κ1) is 23.2. The van der Waals surface area contributed by atoms with Gasteiger partial charge in [-0.1, -0.05) is 6.07 Å². The van der Waals surface area contributed by atoms with Gasteiger partial charge in [0.15, 0.2) is 0 Å². The van der Waals surface area contributed by atoms with E-state index >= 15 is 0 Å². The molecule has 170 valence electrons. The Labute approximate surface area is 185 Å². The van der Waals surface area contributed by atoms with Gasteiger partial charge in [-0.25, -0.2) is 13.6 Å². The third-order valence-electron chi connectivity index (χ3n) is 4.71. The summed E-state index contributed by atoms with van der Waals surface area (Å²) >= 11 is 0. The summed E-state index contributed by atoms with van der Waals surface area (Å²) in [6, 6.07) is 10.9. The second kappa shape index (κ2) is 9.80. The summed E-state index contributed by atoms with van der Waals surface area (Å²) in [6.45, 7) is 5.49. The fourth-order valence-electron chi connectivity index (χ4n) is 3.24. The van der Waals surface area contributed by atoms with Crippen molar-refractivity contribution < 1.29 is 27.8 Å². The number of benzene rings is 2. The molecule has 3 rings (SSSR count). The third-order valence-corrected chi connectivity index (χ3v) is 4.71. The van der Waals surface area contributed by atoms with Crippen LogP contribution in [0.3, 0.4) is 0 Å². The van der Waals surface area contributed by atoms with Crippen molar-refractivity contribution in [2.75, 3.05) is 24.6 Å². The van der Waals surface area contributed by atoms with Gasteiger partial charge < -0.3 is 19.7 Å². The summed E-state index contributed by atoms with van der Waals surface area (Å²) in [7, 11) is 0. The average molecular weight is 444 g/mol. The summed E-state index contributed by atoms with van der Waals surface area (Å²) in [5.74, 6) is -0.135. The number of nitrogens with one attached hydrogen (secondary N) is 1. The number of nitrogens with zero attached hydrogens (tertiary/aromatic N) is 1. The van der Waals surface area contributed by atoms with Crippen LogP contribution in [0.4, 0.5) is 19.3 Å². The Morgan fingerprint density at radius 2 is 2.00 bits per heavy atom. The van der Waals surface area contributed by atoms with Crippen molar-refractivity contribution in [2.24, 2.45) is 0 Å². The maximum Gasteiger partial charge on any atom is 0.407 e. The van der Waals surface area contributed by atoms with Crippen molar-refractivity contribution in [1.82, 2.24) is 5.32 Å². The van der Waals surface area contributed by atoms with Crippen molar-refractivity contribution in [3.05, 3.63) is 71.3 Å². The highest BCUT2D eigenvalue weighted by molar-refractivity contribution is 6.08. The minimum Gasteiger partial charge on any atom is -0.489 e. The normalized spacial score (nSPS) is 14.1. The number of rotatable bonds is 6. The maximum absolute atomic E-state index is 13.5. The molecule has 0 saturated carbocycles. The molecule has 0 fully saturated rings. The van der Waals surface area contributed by atoms with E-state index in [1.165, 1.54) is 17.0 Å². The second-order valence-electron chi connectivity index (χ2n) is 8.42. The molecular weight excluding hydrogens is 418 g/mol. The van der Waals surface area contributed by atoms with E-state index in [0.717, 1.165) is 5.56 Å². The molecule has 0 bridgehead atoms. The lowest BCUT2D eigenvalue weighted by Gasteiger charge is -2.29. The van der Waals surface area contributed by atoms with Crippen LogP contribution in [-0.2, 0) is 11.2 Å². The highest BCUT2D eigenvalue weighted by Crippen LogP contribution is 2.28. The molecule has 0 saturated heterocycles. The number of hydrogen-bond acceptors (Lipinski definition) is 4. The van der Waals surface area contributed by atoms with Gasteiger partial charge in [0, 0.05) is 29.9 Å². The zero-order chi connectivity index (χ0) is 23.3.